The number of hydrogen-bond acceptors (Lipinski definition) is 2. The Morgan fingerprint density at radius 1 is 1.44 bits per heavy atom. The molecule has 2 nitrogen and oxygen atoms in total. The van der Waals surface area contributed by atoms with Crippen LogP contribution in [-0.2, 0) is 0 Å². The number of benzene rings is 1. The van der Waals surface area contributed by atoms with Gasteiger partial charge in [0.1, 0.15) is 5.82 Å². The maximum atomic E-state index is 13.2. The van der Waals surface area contributed by atoms with Gasteiger partial charge >= 0.3 is 0 Å². The van der Waals surface area contributed by atoms with E-state index in [0.29, 0.717) is 11.3 Å². The SMILES string of the molecule is Cc1cc(NCCC2CCC2)c(N)cc1F. The van der Waals surface area contributed by atoms with Gasteiger partial charge in [0.15, 0.2) is 0 Å². The van der Waals surface area contributed by atoms with Crippen molar-refractivity contribution in [2.45, 2.75) is 32.6 Å². The van der Waals surface area contributed by atoms with Gasteiger partial charge in [0.05, 0.1) is 11.4 Å². The fourth-order valence-corrected chi connectivity index (χ4v) is 2.04. The molecule has 0 atom stereocenters. The molecule has 0 unspecified atom stereocenters. The molecular weight excluding hydrogens is 203 g/mol. The van der Waals surface area contributed by atoms with Gasteiger partial charge in [0.2, 0.25) is 0 Å². The first kappa shape index (κ1) is 11.2. The highest BCUT2D eigenvalue weighted by Gasteiger charge is 2.16. The standard InChI is InChI=1S/C13H19FN2/c1-9-7-13(12(15)8-11(9)14)16-6-5-10-3-2-4-10/h7-8,10,16H,2-6,15H2,1H3. The maximum absolute atomic E-state index is 13.2. The van der Waals surface area contributed by atoms with E-state index in [1.54, 1.807) is 13.0 Å². The fourth-order valence-electron chi connectivity index (χ4n) is 2.04. The predicted octanol–water partition coefficient (Wildman–Crippen LogP) is 3.32. The first-order valence-corrected chi connectivity index (χ1v) is 5.96. The Hall–Kier alpha value is -1.25. The molecule has 88 valence electrons. The molecule has 16 heavy (non-hydrogen) atoms. The molecule has 0 amide bonds. The molecule has 0 aliphatic heterocycles. The van der Waals surface area contributed by atoms with Crippen LogP contribution in [0.15, 0.2) is 12.1 Å². The molecule has 0 spiro atoms. The topological polar surface area (TPSA) is 38.0 Å². The van der Waals surface area contributed by atoms with Crippen molar-refractivity contribution in [2.75, 3.05) is 17.6 Å². The monoisotopic (exact) mass is 222 g/mol. The van der Waals surface area contributed by atoms with Crippen LogP contribution in [0.25, 0.3) is 0 Å². The summed E-state index contributed by atoms with van der Waals surface area (Å²) in [4.78, 5) is 0. The number of anilines is 2. The predicted molar refractivity (Wildman–Crippen MR) is 66.0 cm³/mol. The Balaban J connectivity index is 1.90. The number of nitrogens with two attached hydrogens (primary N) is 1. The van der Waals surface area contributed by atoms with E-state index in [-0.39, 0.29) is 5.82 Å². The van der Waals surface area contributed by atoms with E-state index >= 15 is 0 Å². The number of rotatable bonds is 4. The Labute approximate surface area is 96.0 Å². The smallest absolute Gasteiger partial charge is 0.128 e. The summed E-state index contributed by atoms with van der Waals surface area (Å²) in [5, 5.41) is 3.29. The second-order valence-corrected chi connectivity index (χ2v) is 4.70. The van der Waals surface area contributed by atoms with Crippen LogP contribution in [0.5, 0.6) is 0 Å². The minimum absolute atomic E-state index is 0.234. The van der Waals surface area contributed by atoms with Crippen LogP contribution >= 0.6 is 0 Å². The summed E-state index contributed by atoms with van der Waals surface area (Å²) in [5.74, 6) is 0.650. The molecular formula is C13H19FN2. The van der Waals surface area contributed by atoms with Crippen molar-refractivity contribution < 1.29 is 4.39 Å². The first-order valence-electron chi connectivity index (χ1n) is 5.96. The van der Waals surface area contributed by atoms with E-state index in [2.05, 4.69) is 5.32 Å². The lowest BCUT2D eigenvalue weighted by atomic mass is 9.83. The Bertz CT molecular complexity index is 372. The van der Waals surface area contributed by atoms with Crippen molar-refractivity contribution in [3.8, 4) is 0 Å². The zero-order valence-corrected chi connectivity index (χ0v) is 9.72. The van der Waals surface area contributed by atoms with Crippen LogP contribution in [0, 0.1) is 18.7 Å². The molecule has 1 aliphatic rings. The molecule has 0 heterocycles. The molecule has 0 radical (unpaired) electrons. The Morgan fingerprint density at radius 3 is 2.81 bits per heavy atom. The zero-order chi connectivity index (χ0) is 11.5. The second kappa shape index (κ2) is 4.73. The lowest BCUT2D eigenvalue weighted by Gasteiger charge is -2.25. The first-order chi connectivity index (χ1) is 7.66. The van der Waals surface area contributed by atoms with Gasteiger partial charge in [0, 0.05) is 6.54 Å². The molecule has 0 aromatic heterocycles. The lowest BCUT2D eigenvalue weighted by Crippen LogP contribution is -2.16. The molecule has 1 fully saturated rings. The van der Waals surface area contributed by atoms with E-state index in [4.69, 9.17) is 5.73 Å². The Kier molecular flexibility index (Phi) is 3.32. The van der Waals surface area contributed by atoms with Crippen LogP contribution in [0.3, 0.4) is 0 Å². The number of aryl methyl sites for hydroxylation is 1. The molecule has 1 aromatic carbocycles. The van der Waals surface area contributed by atoms with Crippen LogP contribution < -0.4 is 11.1 Å². The van der Waals surface area contributed by atoms with Gasteiger partial charge in [0.25, 0.3) is 0 Å². The largest absolute Gasteiger partial charge is 0.397 e. The van der Waals surface area contributed by atoms with E-state index < -0.39 is 0 Å². The third-order valence-corrected chi connectivity index (χ3v) is 3.42. The van der Waals surface area contributed by atoms with Gasteiger partial charge < -0.3 is 11.1 Å². The summed E-state index contributed by atoms with van der Waals surface area (Å²) < 4.78 is 13.2. The van der Waals surface area contributed by atoms with E-state index in [0.717, 1.165) is 18.2 Å². The average Bonchev–Trinajstić information content (AvgIpc) is 2.17. The minimum atomic E-state index is -0.234. The van der Waals surface area contributed by atoms with Crippen molar-refractivity contribution in [1.29, 1.82) is 0 Å². The van der Waals surface area contributed by atoms with E-state index in [9.17, 15) is 4.39 Å². The van der Waals surface area contributed by atoms with Gasteiger partial charge in [-0.1, -0.05) is 19.3 Å². The van der Waals surface area contributed by atoms with E-state index in [1.807, 2.05) is 0 Å². The molecule has 1 aliphatic carbocycles. The third kappa shape index (κ3) is 2.46. The molecule has 1 saturated carbocycles. The lowest BCUT2D eigenvalue weighted by molar-refractivity contribution is 0.303. The van der Waals surface area contributed by atoms with Gasteiger partial charge in [-0.2, -0.15) is 0 Å². The van der Waals surface area contributed by atoms with Crippen LogP contribution in [0.1, 0.15) is 31.2 Å². The highest BCUT2D eigenvalue weighted by Crippen LogP contribution is 2.29. The molecule has 0 bridgehead atoms. The molecule has 2 rings (SSSR count). The second-order valence-electron chi connectivity index (χ2n) is 4.70. The summed E-state index contributed by atoms with van der Waals surface area (Å²) >= 11 is 0. The average molecular weight is 222 g/mol. The fraction of sp³-hybridized carbons (Fsp3) is 0.538. The molecule has 3 heteroatoms. The van der Waals surface area contributed by atoms with Gasteiger partial charge in [-0.15, -0.1) is 0 Å². The summed E-state index contributed by atoms with van der Waals surface area (Å²) in [6.07, 6.45) is 5.29. The number of halogens is 1. The molecule has 0 saturated heterocycles. The van der Waals surface area contributed by atoms with Crippen LogP contribution in [0.2, 0.25) is 0 Å². The Morgan fingerprint density at radius 2 is 2.19 bits per heavy atom. The molecule has 1 aromatic rings. The summed E-state index contributed by atoms with van der Waals surface area (Å²) in [5.41, 5.74) is 7.75. The van der Waals surface area contributed by atoms with Crippen LogP contribution in [-0.4, -0.2) is 6.54 Å². The van der Waals surface area contributed by atoms with Crippen molar-refractivity contribution in [3.63, 3.8) is 0 Å². The highest BCUT2D eigenvalue weighted by atomic mass is 19.1. The van der Waals surface area contributed by atoms with Crippen molar-refractivity contribution in [3.05, 3.63) is 23.5 Å². The zero-order valence-electron chi connectivity index (χ0n) is 9.72. The van der Waals surface area contributed by atoms with Gasteiger partial charge in [-0.3, -0.25) is 0 Å². The number of nitrogen functional groups attached to an aromatic ring is 1. The van der Waals surface area contributed by atoms with Gasteiger partial charge in [-0.05, 0) is 37.0 Å². The normalized spacial score (nSPS) is 15.9. The summed E-state index contributed by atoms with van der Waals surface area (Å²) in [6, 6.07) is 3.17. The summed E-state index contributed by atoms with van der Waals surface area (Å²) in [6.45, 7) is 2.69. The highest BCUT2D eigenvalue weighted by molar-refractivity contribution is 5.67. The summed E-state index contributed by atoms with van der Waals surface area (Å²) in [7, 11) is 0. The number of hydrogen-bond donors (Lipinski definition) is 2. The van der Waals surface area contributed by atoms with Crippen molar-refractivity contribution in [1.82, 2.24) is 0 Å². The number of nitrogens with one attached hydrogen (secondary N) is 1. The quantitative estimate of drug-likeness (QED) is 0.767. The maximum Gasteiger partial charge on any atom is 0.128 e. The minimum Gasteiger partial charge on any atom is -0.397 e. The van der Waals surface area contributed by atoms with Crippen LogP contribution in [0.4, 0.5) is 15.8 Å². The third-order valence-electron chi connectivity index (χ3n) is 3.42. The van der Waals surface area contributed by atoms with E-state index in [1.165, 1.54) is 31.7 Å². The van der Waals surface area contributed by atoms with Crippen molar-refractivity contribution in [2.24, 2.45) is 5.92 Å². The van der Waals surface area contributed by atoms with Crippen molar-refractivity contribution >= 4 is 11.4 Å². The molecule has 3 N–H and O–H groups in total. The van der Waals surface area contributed by atoms with Gasteiger partial charge in [-0.25, -0.2) is 4.39 Å².